The number of hydrogen-bond acceptors (Lipinski definition) is 3. The molecule has 5 heteroatoms. The average Bonchev–Trinajstić information content (AvgIpc) is 2.87. The molecule has 1 unspecified atom stereocenters. The Labute approximate surface area is 127 Å². The second-order valence-corrected chi connectivity index (χ2v) is 8.12. The molecule has 2 aliphatic rings. The molecule has 1 atom stereocenters. The number of rotatable bonds is 5. The number of benzene rings is 1. The van der Waals surface area contributed by atoms with Gasteiger partial charge in [0, 0.05) is 12.1 Å². The molecule has 21 heavy (non-hydrogen) atoms. The fourth-order valence-corrected chi connectivity index (χ4v) is 4.81. The number of piperidine rings is 1. The average molecular weight is 308 g/mol. The fraction of sp³-hybridized carbons (Fsp3) is 0.625. The summed E-state index contributed by atoms with van der Waals surface area (Å²) in [5.41, 5.74) is 2.55. The molecule has 1 heterocycles. The van der Waals surface area contributed by atoms with Gasteiger partial charge < -0.3 is 5.32 Å². The minimum absolute atomic E-state index is 0.0340. The maximum absolute atomic E-state index is 12.2. The van der Waals surface area contributed by atoms with Crippen molar-refractivity contribution in [2.24, 2.45) is 0 Å². The van der Waals surface area contributed by atoms with Crippen LogP contribution < -0.4 is 10.0 Å². The number of fused-ring (bicyclic) bond motifs is 1. The summed E-state index contributed by atoms with van der Waals surface area (Å²) in [4.78, 5) is 0. The Morgan fingerprint density at radius 2 is 1.86 bits per heavy atom. The van der Waals surface area contributed by atoms with E-state index in [4.69, 9.17) is 0 Å². The highest BCUT2D eigenvalue weighted by Crippen LogP contribution is 2.22. The quantitative estimate of drug-likeness (QED) is 0.869. The van der Waals surface area contributed by atoms with Gasteiger partial charge in [0.15, 0.2) is 0 Å². The summed E-state index contributed by atoms with van der Waals surface area (Å²) in [7, 11) is -3.17. The third-order valence-corrected chi connectivity index (χ3v) is 6.01. The van der Waals surface area contributed by atoms with Crippen molar-refractivity contribution in [3.05, 3.63) is 35.4 Å². The molecule has 2 N–H and O–H groups in total. The molecule has 0 radical (unpaired) electrons. The molecule has 1 aromatic rings. The Bertz CT molecular complexity index is 555. The van der Waals surface area contributed by atoms with Crippen LogP contribution in [0.1, 0.15) is 36.8 Å². The van der Waals surface area contributed by atoms with Crippen LogP contribution in [0.2, 0.25) is 0 Å². The lowest BCUT2D eigenvalue weighted by Gasteiger charge is -2.23. The van der Waals surface area contributed by atoms with Crippen LogP contribution in [-0.2, 0) is 22.9 Å². The van der Waals surface area contributed by atoms with Crippen LogP contribution in [0.3, 0.4) is 0 Å². The molecule has 1 aliphatic heterocycles. The van der Waals surface area contributed by atoms with Gasteiger partial charge in [0.05, 0.1) is 5.75 Å². The molecule has 0 aromatic heterocycles. The topological polar surface area (TPSA) is 58.2 Å². The molecule has 1 fully saturated rings. The highest BCUT2D eigenvalue weighted by molar-refractivity contribution is 7.89. The normalized spacial score (nSPS) is 23.1. The standard InChI is InChI=1S/C16H24N2O2S/c19-21(20,10-8-15-7-3-4-9-17-15)18-16-11-13-5-1-2-6-14(13)12-16/h1-2,5-6,15-18H,3-4,7-12H2. The summed E-state index contributed by atoms with van der Waals surface area (Å²) < 4.78 is 27.4. The van der Waals surface area contributed by atoms with Gasteiger partial charge in [0.2, 0.25) is 10.0 Å². The predicted molar refractivity (Wildman–Crippen MR) is 84.8 cm³/mol. The van der Waals surface area contributed by atoms with Gasteiger partial charge in [-0.1, -0.05) is 30.7 Å². The molecule has 3 rings (SSSR count). The summed E-state index contributed by atoms with van der Waals surface area (Å²) in [5.74, 6) is 0.234. The monoisotopic (exact) mass is 308 g/mol. The largest absolute Gasteiger partial charge is 0.314 e. The van der Waals surface area contributed by atoms with Crippen molar-refractivity contribution in [3.63, 3.8) is 0 Å². The van der Waals surface area contributed by atoms with Crippen LogP contribution in [0.4, 0.5) is 0 Å². The Hall–Kier alpha value is -0.910. The molecular weight excluding hydrogens is 284 g/mol. The highest BCUT2D eigenvalue weighted by atomic mass is 32.2. The van der Waals surface area contributed by atoms with Crippen molar-refractivity contribution in [3.8, 4) is 0 Å². The van der Waals surface area contributed by atoms with E-state index in [2.05, 4.69) is 22.2 Å². The van der Waals surface area contributed by atoms with E-state index < -0.39 is 10.0 Å². The van der Waals surface area contributed by atoms with Crippen molar-refractivity contribution in [1.29, 1.82) is 0 Å². The molecule has 116 valence electrons. The third kappa shape index (κ3) is 4.05. The van der Waals surface area contributed by atoms with Crippen molar-refractivity contribution >= 4 is 10.0 Å². The van der Waals surface area contributed by atoms with Crippen molar-refractivity contribution in [2.45, 2.75) is 50.6 Å². The zero-order valence-electron chi connectivity index (χ0n) is 12.3. The number of nitrogens with one attached hydrogen (secondary N) is 2. The molecule has 0 spiro atoms. The van der Waals surface area contributed by atoms with E-state index in [9.17, 15) is 8.42 Å². The van der Waals surface area contributed by atoms with Crippen molar-refractivity contribution in [2.75, 3.05) is 12.3 Å². The van der Waals surface area contributed by atoms with Crippen LogP contribution in [-0.4, -0.2) is 32.8 Å². The van der Waals surface area contributed by atoms with Crippen molar-refractivity contribution in [1.82, 2.24) is 10.0 Å². The molecule has 1 saturated heterocycles. The zero-order valence-corrected chi connectivity index (χ0v) is 13.2. The van der Waals surface area contributed by atoms with Gasteiger partial charge in [-0.25, -0.2) is 13.1 Å². The maximum Gasteiger partial charge on any atom is 0.211 e. The minimum atomic E-state index is -3.17. The summed E-state index contributed by atoms with van der Waals surface area (Å²) in [6.07, 6.45) is 5.87. The van der Waals surface area contributed by atoms with Gasteiger partial charge in [-0.3, -0.25) is 0 Å². The minimum Gasteiger partial charge on any atom is -0.314 e. The SMILES string of the molecule is O=S(=O)(CCC1CCCCN1)NC1Cc2ccccc2C1. The zero-order chi connectivity index (χ0) is 14.7. The molecule has 1 aliphatic carbocycles. The lowest BCUT2D eigenvalue weighted by molar-refractivity contribution is 0.392. The first-order valence-electron chi connectivity index (χ1n) is 7.92. The Morgan fingerprint density at radius 3 is 2.48 bits per heavy atom. The molecule has 0 saturated carbocycles. The van der Waals surface area contributed by atoms with Crippen LogP contribution in [0, 0.1) is 0 Å². The lowest BCUT2D eigenvalue weighted by Crippen LogP contribution is -2.40. The van der Waals surface area contributed by atoms with Crippen LogP contribution in [0.15, 0.2) is 24.3 Å². The van der Waals surface area contributed by atoms with Gasteiger partial charge in [0.1, 0.15) is 0 Å². The van der Waals surface area contributed by atoms with E-state index in [0.717, 1.165) is 32.2 Å². The van der Waals surface area contributed by atoms with E-state index in [0.29, 0.717) is 6.04 Å². The van der Waals surface area contributed by atoms with Gasteiger partial charge in [-0.15, -0.1) is 0 Å². The summed E-state index contributed by atoms with van der Waals surface area (Å²) >= 11 is 0. The molecule has 0 amide bonds. The molecule has 4 nitrogen and oxygen atoms in total. The lowest BCUT2D eigenvalue weighted by atomic mass is 10.0. The number of sulfonamides is 1. The van der Waals surface area contributed by atoms with Crippen molar-refractivity contribution < 1.29 is 8.42 Å². The first-order valence-corrected chi connectivity index (χ1v) is 9.58. The van der Waals surface area contributed by atoms with Gasteiger partial charge in [0.25, 0.3) is 0 Å². The van der Waals surface area contributed by atoms with Gasteiger partial charge >= 0.3 is 0 Å². The van der Waals surface area contributed by atoms with E-state index in [1.807, 2.05) is 12.1 Å². The van der Waals surface area contributed by atoms with E-state index in [1.54, 1.807) is 0 Å². The molecule has 1 aromatic carbocycles. The smallest absolute Gasteiger partial charge is 0.211 e. The van der Waals surface area contributed by atoms with Gasteiger partial charge in [-0.05, 0) is 49.8 Å². The van der Waals surface area contributed by atoms with Crippen LogP contribution in [0.5, 0.6) is 0 Å². The van der Waals surface area contributed by atoms with E-state index in [-0.39, 0.29) is 11.8 Å². The fourth-order valence-electron chi connectivity index (χ4n) is 3.42. The predicted octanol–water partition coefficient (Wildman–Crippen LogP) is 1.61. The Morgan fingerprint density at radius 1 is 1.14 bits per heavy atom. The van der Waals surface area contributed by atoms with Gasteiger partial charge in [-0.2, -0.15) is 0 Å². The second-order valence-electron chi connectivity index (χ2n) is 6.25. The number of hydrogen-bond donors (Lipinski definition) is 2. The van der Waals surface area contributed by atoms with Crippen LogP contribution in [0.25, 0.3) is 0 Å². The first-order chi connectivity index (χ1) is 10.1. The Kier molecular flexibility index (Phi) is 4.62. The van der Waals surface area contributed by atoms with E-state index in [1.165, 1.54) is 24.0 Å². The third-order valence-electron chi connectivity index (χ3n) is 4.54. The molecular formula is C16H24N2O2S. The highest BCUT2D eigenvalue weighted by Gasteiger charge is 2.25. The second kappa shape index (κ2) is 6.46. The molecule has 0 bridgehead atoms. The first kappa shape index (κ1) is 15.0. The summed E-state index contributed by atoms with van der Waals surface area (Å²) in [6, 6.07) is 8.63. The van der Waals surface area contributed by atoms with E-state index >= 15 is 0 Å². The summed E-state index contributed by atoms with van der Waals surface area (Å²) in [6.45, 7) is 1.02. The Balaban J connectivity index is 1.50. The summed E-state index contributed by atoms with van der Waals surface area (Å²) in [5, 5.41) is 3.41. The van der Waals surface area contributed by atoms with Crippen LogP contribution >= 0.6 is 0 Å². The maximum atomic E-state index is 12.2.